The van der Waals surface area contributed by atoms with Gasteiger partial charge in [-0.3, -0.25) is 4.79 Å². The third kappa shape index (κ3) is 4.42. The van der Waals surface area contributed by atoms with Crippen LogP contribution in [0.15, 0.2) is 12.1 Å². The molecule has 0 aliphatic heterocycles. The molecular weight excluding hydrogens is 286 g/mol. The monoisotopic (exact) mass is 309 g/mol. The summed E-state index contributed by atoms with van der Waals surface area (Å²) in [7, 11) is 0. The van der Waals surface area contributed by atoms with Gasteiger partial charge in [-0.1, -0.05) is 32.4 Å². The summed E-state index contributed by atoms with van der Waals surface area (Å²) in [5.41, 5.74) is 7.15. The Bertz CT molecular complexity index is 517. The van der Waals surface area contributed by atoms with Gasteiger partial charge in [-0.2, -0.15) is 0 Å². The number of hydrogen-bond acceptors (Lipinski definition) is 3. The van der Waals surface area contributed by atoms with Crippen molar-refractivity contribution in [3.8, 4) is 0 Å². The van der Waals surface area contributed by atoms with Crippen molar-refractivity contribution >= 4 is 17.5 Å². The van der Waals surface area contributed by atoms with Crippen LogP contribution < -0.4 is 11.1 Å². The predicted octanol–water partition coefficient (Wildman–Crippen LogP) is 3.03. The van der Waals surface area contributed by atoms with Crippen LogP contribution in [0.5, 0.6) is 0 Å². The van der Waals surface area contributed by atoms with E-state index in [0.29, 0.717) is 10.7 Å². The molecular formula is C16H24ClN3O. The Balaban J connectivity index is 2.10. The number of aromatic nitrogens is 1. The van der Waals surface area contributed by atoms with Crippen molar-refractivity contribution in [2.45, 2.75) is 64.0 Å². The van der Waals surface area contributed by atoms with E-state index < -0.39 is 0 Å². The molecule has 0 saturated heterocycles. The van der Waals surface area contributed by atoms with Crippen LogP contribution in [-0.2, 0) is 5.41 Å². The van der Waals surface area contributed by atoms with Crippen molar-refractivity contribution in [1.29, 1.82) is 0 Å². The molecule has 5 heteroatoms. The molecule has 0 atom stereocenters. The molecule has 116 valence electrons. The van der Waals surface area contributed by atoms with E-state index in [4.69, 9.17) is 17.3 Å². The summed E-state index contributed by atoms with van der Waals surface area (Å²) in [4.78, 5) is 16.7. The molecule has 0 spiro atoms. The molecule has 2 rings (SSSR count). The molecule has 4 nitrogen and oxygen atoms in total. The van der Waals surface area contributed by atoms with Crippen molar-refractivity contribution in [2.24, 2.45) is 5.73 Å². The zero-order chi connectivity index (χ0) is 15.6. The maximum absolute atomic E-state index is 12.4. The smallest absolute Gasteiger partial charge is 0.251 e. The van der Waals surface area contributed by atoms with Gasteiger partial charge in [-0.05, 0) is 37.8 Å². The first-order valence-electron chi connectivity index (χ1n) is 7.50. The van der Waals surface area contributed by atoms with Gasteiger partial charge in [0.25, 0.3) is 5.91 Å². The van der Waals surface area contributed by atoms with Crippen molar-refractivity contribution in [3.05, 3.63) is 28.5 Å². The fourth-order valence-electron chi connectivity index (χ4n) is 2.54. The molecule has 1 aliphatic rings. The Morgan fingerprint density at radius 2 is 1.90 bits per heavy atom. The summed E-state index contributed by atoms with van der Waals surface area (Å²) >= 11 is 6.05. The minimum absolute atomic E-state index is 0.0785. The highest BCUT2D eigenvalue weighted by atomic mass is 35.5. The Morgan fingerprint density at radius 1 is 1.29 bits per heavy atom. The van der Waals surface area contributed by atoms with Crippen molar-refractivity contribution in [2.75, 3.05) is 0 Å². The van der Waals surface area contributed by atoms with Crippen LogP contribution in [0.2, 0.25) is 5.15 Å². The molecule has 1 amide bonds. The van der Waals surface area contributed by atoms with E-state index >= 15 is 0 Å². The molecule has 1 aromatic heterocycles. The summed E-state index contributed by atoms with van der Waals surface area (Å²) in [6.45, 7) is 6.15. The largest absolute Gasteiger partial charge is 0.349 e. The van der Waals surface area contributed by atoms with Crippen LogP contribution in [-0.4, -0.2) is 23.0 Å². The zero-order valence-corrected chi connectivity index (χ0v) is 13.7. The lowest BCUT2D eigenvalue weighted by Crippen LogP contribution is -2.40. The number of hydrogen-bond donors (Lipinski definition) is 2. The number of pyridine rings is 1. The number of halogens is 1. The summed E-state index contributed by atoms with van der Waals surface area (Å²) in [5.74, 6) is -0.0785. The summed E-state index contributed by atoms with van der Waals surface area (Å²) in [6, 6.07) is 3.94. The van der Waals surface area contributed by atoms with Gasteiger partial charge in [0.05, 0.1) is 0 Å². The molecule has 0 bridgehead atoms. The molecule has 1 fully saturated rings. The Labute approximate surface area is 131 Å². The van der Waals surface area contributed by atoms with Gasteiger partial charge in [0.15, 0.2) is 0 Å². The second kappa shape index (κ2) is 6.32. The predicted molar refractivity (Wildman–Crippen MR) is 85.6 cm³/mol. The van der Waals surface area contributed by atoms with Crippen molar-refractivity contribution in [3.63, 3.8) is 0 Å². The molecule has 1 aromatic rings. The third-order valence-electron chi connectivity index (χ3n) is 3.93. The molecule has 3 N–H and O–H groups in total. The van der Waals surface area contributed by atoms with Gasteiger partial charge in [-0.15, -0.1) is 0 Å². The first-order valence-corrected chi connectivity index (χ1v) is 7.88. The quantitative estimate of drug-likeness (QED) is 0.825. The van der Waals surface area contributed by atoms with Crippen molar-refractivity contribution in [1.82, 2.24) is 10.3 Å². The highest BCUT2D eigenvalue weighted by Crippen LogP contribution is 2.24. The Hall–Kier alpha value is -1.13. The number of nitrogens with one attached hydrogen (secondary N) is 1. The number of nitrogens with zero attached hydrogens (tertiary/aromatic N) is 1. The molecule has 0 radical (unpaired) electrons. The standard InChI is InChI=1S/C16H24ClN3O/c1-16(2,3)13-8-10(9-14(17)20-13)15(21)19-12-6-4-11(18)5-7-12/h8-9,11-12H,4-7,18H2,1-3H3,(H,19,21). The number of nitrogens with two attached hydrogens (primary N) is 1. The molecule has 21 heavy (non-hydrogen) atoms. The SMILES string of the molecule is CC(C)(C)c1cc(C(=O)NC2CCC(N)CC2)cc(Cl)n1. The molecule has 0 unspecified atom stereocenters. The number of amides is 1. The highest BCUT2D eigenvalue weighted by Gasteiger charge is 2.22. The van der Waals surface area contributed by atoms with E-state index in [0.717, 1.165) is 31.4 Å². The fraction of sp³-hybridized carbons (Fsp3) is 0.625. The van der Waals surface area contributed by atoms with E-state index in [-0.39, 0.29) is 23.4 Å². The second-order valence-corrected chi connectivity index (χ2v) is 7.29. The average Bonchev–Trinajstić information content (AvgIpc) is 2.39. The zero-order valence-electron chi connectivity index (χ0n) is 12.9. The number of rotatable bonds is 2. The lowest BCUT2D eigenvalue weighted by Gasteiger charge is -2.27. The minimum Gasteiger partial charge on any atom is -0.349 e. The van der Waals surface area contributed by atoms with Gasteiger partial charge in [0.1, 0.15) is 5.15 Å². The molecule has 1 aliphatic carbocycles. The van der Waals surface area contributed by atoms with Gasteiger partial charge < -0.3 is 11.1 Å². The van der Waals surface area contributed by atoms with Crippen LogP contribution in [0.3, 0.4) is 0 Å². The van der Waals surface area contributed by atoms with E-state index in [1.165, 1.54) is 0 Å². The van der Waals surface area contributed by atoms with Crippen LogP contribution in [0.4, 0.5) is 0 Å². The molecule has 1 saturated carbocycles. The van der Waals surface area contributed by atoms with Crippen LogP contribution in [0, 0.1) is 0 Å². The fourth-order valence-corrected chi connectivity index (χ4v) is 2.75. The Kier molecular flexibility index (Phi) is 4.89. The maximum atomic E-state index is 12.4. The van der Waals surface area contributed by atoms with Gasteiger partial charge in [0, 0.05) is 28.8 Å². The molecule has 0 aromatic carbocycles. The second-order valence-electron chi connectivity index (χ2n) is 6.90. The minimum atomic E-state index is -0.141. The number of carbonyl (C=O) groups is 1. The van der Waals surface area contributed by atoms with Crippen molar-refractivity contribution < 1.29 is 4.79 Å². The van der Waals surface area contributed by atoms with E-state index in [1.807, 2.05) is 6.07 Å². The first-order chi connectivity index (χ1) is 9.75. The topological polar surface area (TPSA) is 68.0 Å². The lowest BCUT2D eigenvalue weighted by atomic mass is 9.90. The van der Waals surface area contributed by atoms with Gasteiger partial charge >= 0.3 is 0 Å². The maximum Gasteiger partial charge on any atom is 0.251 e. The number of carbonyl (C=O) groups excluding carboxylic acids is 1. The summed E-state index contributed by atoms with van der Waals surface area (Å²) < 4.78 is 0. The Morgan fingerprint density at radius 3 is 2.48 bits per heavy atom. The lowest BCUT2D eigenvalue weighted by molar-refractivity contribution is 0.0925. The third-order valence-corrected chi connectivity index (χ3v) is 4.13. The summed E-state index contributed by atoms with van der Waals surface area (Å²) in [5, 5.41) is 3.44. The van der Waals surface area contributed by atoms with Gasteiger partial charge in [0.2, 0.25) is 0 Å². The van der Waals surface area contributed by atoms with E-state index in [2.05, 4.69) is 31.1 Å². The van der Waals surface area contributed by atoms with Gasteiger partial charge in [-0.25, -0.2) is 4.98 Å². The van der Waals surface area contributed by atoms with E-state index in [9.17, 15) is 4.79 Å². The average molecular weight is 310 g/mol. The van der Waals surface area contributed by atoms with Crippen LogP contribution >= 0.6 is 11.6 Å². The molecule has 1 heterocycles. The normalized spacial score (nSPS) is 22.9. The highest BCUT2D eigenvalue weighted by molar-refractivity contribution is 6.29. The van der Waals surface area contributed by atoms with Crippen LogP contribution in [0.25, 0.3) is 0 Å². The first kappa shape index (κ1) is 16.2. The van der Waals surface area contributed by atoms with Crippen LogP contribution in [0.1, 0.15) is 62.5 Å². The van der Waals surface area contributed by atoms with E-state index in [1.54, 1.807) is 6.07 Å². The summed E-state index contributed by atoms with van der Waals surface area (Å²) in [6.07, 6.45) is 3.82.